The minimum absolute atomic E-state index is 0.105. The number of hydrogen-bond acceptors (Lipinski definition) is 3. The molecule has 0 aliphatic heterocycles. The Hall–Kier alpha value is -0.660. The molecule has 0 radical (unpaired) electrons. The third kappa shape index (κ3) is 5.46. The first kappa shape index (κ1) is 16.4. The van der Waals surface area contributed by atoms with Gasteiger partial charge in [-0.05, 0) is 46.5 Å². The molecule has 0 bridgehead atoms. The van der Waals surface area contributed by atoms with E-state index in [1.54, 1.807) is 18.2 Å². The number of halogens is 1. The maximum Gasteiger partial charge on any atom is 0.232 e. The third-order valence-electron chi connectivity index (χ3n) is 2.48. The van der Waals surface area contributed by atoms with Gasteiger partial charge in [0.25, 0.3) is 0 Å². The number of nitrogens with one attached hydrogen (secondary N) is 1. The van der Waals surface area contributed by atoms with Gasteiger partial charge in [0.15, 0.2) is 0 Å². The summed E-state index contributed by atoms with van der Waals surface area (Å²) in [6, 6.07) is 5.03. The summed E-state index contributed by atoms with van der Waals surface area (Å²) in [6.45, 7) is 3.98. The zero-order valence-electron chi connectivity index (χ0n) is 10.8. The van der Waals surface area contributed by atoms with Gasteiger partial charge in [0.05, 0.1) is 11.4 Å². The molecule has 19 heavy (non-hydrogen) atoms. The predicted molar refractivity (Wildman–Crippen MR) is 86.9 cm³/mol. The lowest BCUT2D eigenvalue weighted by Gasteiger charge is -2.11. The molecule has 1 aromatic carbocycles. The Kier molecular flexibility index (Phi) is 5.76. The molecule has 3 N–H and O–H groups in total. The third-order valence-corrected chi connectivity index (χ3v) is 4.68. The minimum Gasteiger partial charge on any atom is -0.389 e. The van der Waals surface area contributed by atoms with Crippen molar-refractivity contribution in [3.8, 4) is 0 Å². The van der Waals surface area contributed by atoms with E-state index in [1.165, 1.54) is 0 Å². The molecule has 1 rings (SSSR count). The summed E-state index contributed by atoms with van der Waals surface area (Å²) in [5.74, 6) is 0.450. The first-order valence-electron chi connectivity index (χ1n) is 5.81. The highest BCUT2D eigenvalue weighted by atomic mass is 79.9. The van der Waals surface area contributed by atoms with Crippen molar-refractivity contribution >= 4 is 48.8 Å². The van der Waals surface area contributed by atoms with Crippen LogP contribution in [0.15, 0.2) is 22.7 Å². The molecule has 0 unspecified atom stereocenters. The van der Waals surface area contributed by atoms with Crippen LogP contribution in [0.1, 0.15) is 25.8 Å². The van der Waals surface area contributed by atoms with E-state index < -0.39 is 10.0 Å². The largest absolute Gasteiger partial charge is 0.389 e. The molecule has 0 aliphatic rings. The van der Waals surface area contributed by atoms with E-state index in [9.17, 15) is 8.42 Å². The van der Waals surface area contributed by atoms with Crippen LogP contribution in [0.3, 0.4) is 0 Å². The fraction of sp³-hybridized carbons (Fsp3) is 0.417. The second-order valence-corrected chi connectivity index (χ2v) is 7.80. The van der Waals surface area contributed by atoms with Gasteiger partial charge < -0.3 is 5.73 Å². The van der Waals surface area contributed by atoms with Crippen molar-refractivity contribution < 1.29 is 8.42 Å². The highest BCUT2D eigenvalue weighted by molar-refractivity contribution is 9.10. The van der Waals surface area contributed by atoms with E-state index in [2.05, 4.69) is 20.7 Å². The number of thiocarbonyl (C=S) groups is 1. The summed E-state index contributed by atoms with van der Waals surface area (Å²) in [4.78, 5) is 0.273. The van der Waals surface area contributed by atoms with E-state index in [-0.39, 0.29) is 10.7 Å². The van der Waals surface area contributed by atoms with Crippen molar-refractivity contribution in [3.05, 3.63) is 28.2 Å². The summed E-state index contributed by atoms with van der Waals surface area (Å²) in [5.41, 5.74) is 6.69. The van der Waals surface area contributed by atoms with E-state index in [0.29, 0.717) is 28.1 Å². The summed E-state index contributed by atoms with van der Waals surface area (Å²) in [7, 11) is -3.33. The van der Waals surface area contributed by atoms with E-state index >= 15 is 0 Å². The summed E-state index contributed by atoms with van der Waals surface area (Å²) < 4.78 is 27.0. The predicted octanol–water partition coefficient (Wildman–Crippen LogP) is 2.87. The van der Waals surface area contributed by atoms with Crippen molar-refractivity contribution in [2.75, 3.05) is 10.5 Å². The van der Waals surface area contributed by atoms with Crippen LogP contribution in [-0.4, -0.2) is 19.2 Å². The van der Waals surface area contributed by atoms with Crippen molar-refractivity contribution in [2.24, 2.45) is 11.7 Å². The van der Waals surface area contributed by atoms with E-state index in [1.807, 2.05) is 13.8 Å². The number of benzene rings is 1. The van der Waals surface area contributed by atoms with Crippen LogP contribution in [0.4, 0.5) is 5.69 Å². The second kappa shape index (κ2) is 6.67. The van der Waals surface area contributed by atoms with E-state index in [4.69, 9.17) is 18.0 Å². The highest BCUT2D eigenvalue weighted by Gasteiger charge is 2.13. The molecule has 0 heterocycles. The molecule has 0 saturated heterocycles. The SMILES string of the molecule is CC(C)CCS(=O)(=O)Nc1ccc(C(N)=S)cc1Br. The Morgan fingerprint density at radius 3 is 2.58 bits per heavy atom. The zero-order valence-corrected chi connectivity index (χ0v) is 14.0. The molecule has 106 valence electrons. The smallest absolute Gasteiger partial charge is 0.232 e. The molecule has 0 fully saturated rings. The fourth-order valence-corrected chi connectivity index (χ4v) is 3.49. The maximum absolute atomic E-state index is 11.9. The summed E-state index contributed by atoms with van der Waals surface area (Å²) in [6.07, 6.45) is 0.623. The minimum atomic E-state index is -3.33. The molecule has 0 atom stereocenters. The molecule has 7 heteroatoms. The van der Waals surface area contributed by atoms with Crippen LogP contribution >= 0.6 is 28.1 Å². The van der Waals surface area contributed by atoms with Gasteiger partial charge in [0.2, 0.25) is 10.0 Å². The molecule has 0 saturated carbocycles. The quantitative estimate of drug-likeness (QED) is 0.761. The molecule has 0 spiro atoms. The van der Waals surface area contributed by atoms with Gasteiger partial charge in [-0.3, -0.25) is 4.72 Å². The average molecular weight is 365 g/mol. The highest BCUT2D eigenvalue weighted by Crippen LogP contribution is 2.25. The van der Waals surface area contributed by atoms with Crippen molar-refractivity contribution in [3.63, 3.8) is 0 Å². The van der Waals surface area contributed by atoms with Crippen molar-refractivity contribution in [1.29, 1.82) is 0 Å². The van der Waals surface area contributed by atoms with Gasteiger partial charge in [-0.15, -0.1) is 0 Å². The molecule has 0 aromatic heterocycles. The van der Waals surface area contributed by atoms with Crippen LogP contribution in [0.5, 0.6) is 0 Å². The lowest BCUT2D eigenvalue weighted by molar-refractivity contribution is 0.578. The molecule has 0 aliphatic carbocycles. The Balaban J connectivity index is 2.85. The number of sulfonamides is 1. The Morgan fingerprint density at radius 1 is 1.47 bits per heavy atom. The van der Waals surface area contributed by atoms with Crippen LogP contribution in [0.2, 0.25) is 0 Å². The molecular formula is C12H17BrN2O2S2. The van der Waals surface area contributed by atoms with E-state index in [0.717, 1.165) is 0 Å². The Labute approximate surface area is 127 Å². The summed E-state index contributed by atoms with van der Waals surface area (Å²) >= 11 is 8.17. The molecule has 4 nitrogen and oxygen atoms in total. The van der Waals surface area contributed by atoms with Crippen LogP contribution in [0.25, 0.3) is 0 Å². The maximum atomic E-state index is 11.9. The number of nitrogens with two attached hydrogens (primary N) is 1. The topological polar surface area (TPSA) is 72.2 Å². The van der Waals surface area contributed by atoms with Gasteiger partial charge in [0, 0.05) is 10.0 Å². The van der Waals surface area contributed by atoms with Crippen molar-refractivity contribution in [2.45, 2.75) is 20.3 Å². The average Bonchev–Trinajstić information content (AvgIpc) is 2.29. The van der Waals surface area contributed by atoms with Crippen LogP contribution in [-0.2, 0) is 10.0 Å². The first-order chi connectivity index (χ1) is 8.71. The lowest BCUT2D eigenvalue weighted by Crippen LogP contribution is -2.18. The normalized spacial score (nSPS) is 11.6. The van der Waals surface area contributed by atoms with Gasteiger partial charge in [-0.2, -0.15) is 0 Å². The Morgan fingerprint density at radius 2 is 2.11 bits per heavy atom. The standard InChI is InChI=1S/C12H17BrN2O2S2/c1-8(2)5-6-19(16,17)15-11-4-3-9(12(14)18)7-10(11)13/h3-4,7-8,15H,5-6H2,1-2H3,(H2,14,18). The molecule has 0 amide bonds. The number of hydrogen-bond donors (Lipinski definition) is 2. The lowest BCUT2D eigenvalue weighted by atomic mass is 10.2. The van der Waals surface area contributed by atoms with Crippen LogP contribution in [0, 0.1) is 5.92 Å². The fourth-order valence-electron chi connectivity index (χ4n) is 1.36. The Bertz CT molecular complexity index is 571. The zero-order chi connectivity index (χ0) is 14.6. The van der Waals surface area contributed by atoms with Crippen molar-refractivity contribution in [1.82, 2.24) is 0 Å². The monoisotopic (exact) mass is 364 g/mol. The van der Waals surface area contributed by atoms with Gasteiger partial charge in [-0.25, -0.2) is 8.42 Å². The number of rotatable bonds is 6. The molecular weight excluding hydrogens is 348 g/mol. The van der Waals surface area contributed by atoms with Gasteiger partial charge in [-0.1, -0.05) is 26.1 Å². The van der Waals surface area contributed by atoms with Crippen LogP contribution < -0.4 is 10.5 Å². The number of anilines is 1. The van der Waals surface area contributed by atoms with Gasteiger partial charge >= 0.3 is 0 Å². The molecule has 1 aromatic rings. The summed E-state index contributed by atoms with van der Waals surface area (Å²) in [5, 5.41) is 0. The van der Waals surface area contributed by atoms with Gasteiger partial charge in [0.1, 0.15) is 4.99 Å². The first-order valence-corrected chi connectivity index (χ1v) is 8.66. The second-order valence-electron chi connectivity index (χ2n) is 4.66.